The van der Waals surface area contributed by atoms with Gasteiger partial charge < -0.3 is 37.4 Å². The van der Waals surface area contributed by atoms with Crippen LogP contribution in [0.2, 0.25) is 0 Å². The highest BCUT2D eigenvalue weighted by molar-refractivity contribution is 7.92. The second-order valence-electron chi connectivity index (χ2n) is 14.7. The molecule has 2 saturated heterocycles. The van der Waals surface area contributed by atoms with Crippen molar-refractivity contribution in [2.24, 2.45) is 16.9 Å². The van der Waals surface area contributed by atoms with Gasteiger partial charge in [-0.2, -0.15) is 0 Å². The molecule has 4 aromatic rings. The van der Waals surface area contributed by atoms with Gasteiger partial charge in [-0.3, -0.25) is 0 Å². The topological polar surface area (TPSA) is 255 Å². The van der Waals surface area contributed by atoms with Crippen molar-refractivity contribution < 1.29 is 36.3 Å². The molecule has 10 N–H and O–H groups in total. The van der Waals surface area contributed by atoms with E-state index in [1.54, 1.807) is 12.1 Å². The molecule has 16 nitrogen and oxygen atoms in total. The number of rotatable bonds is 10. The average molecular weight is 861 g/mol. The van der Waals surface area contributed by atoms with Crippen molar-refractivity contribution in [3.8, 4) is 20.9 Å². The molecule has 308 valence electrons. The number of nitrogens with zero attached hydrogens (tertiary/aromatic N) is 1. The summed E-state index contributed by atoms with van der Waals surface area (Å²) in [7, 11) is -7.85. The molecule has 57 heavy (non-hydrogen) atoms. The molecule has 0 aliphatic carbocycles. The number of amides is 5. The van der Waals surface area contributed by atoms with Crippen molar-refractivity contribution >= 4 is 72.3 Å². The summed E-state index contributed by atoms with van der Waals surface area (Å²) < 4.78 is 58.0. The minimum absolute atomic E-state index is 0.0655. The Labute approximate surface area is 340 Å². The number of carboxylic acid groups (broad SMARTS) is 1. The maximum Gasteiger partial charge on any atom is 0.407 e. The maximum atomic E-state index is 13.4. The predicted octanol–water partition coefficient (Wildman–Crippen LogP) is 5.68. The lowest BCUT2D eigenvalue weighted by Gasteiger charge is -2.46. The van der Waals surface area contributed by atoms with Crippen LogP contribution in [-0.2, 0) is 20.0 Å². The van der Waals surface area contributed by atoms with Gasteiger partial charge >= 0.3 is 18.2 Å². The van der Waals surface area contributed by atoms with Crippen molar-refractivity contribution in [1.29, 1.82) is 0 Å². The summed E-state index contributed by atoms with van der Waals surface area (Å²) in [5, 5.41) is 17.7. The van der Waals surface area contributed by atoms with E-state index in [1.807, 2.05) is 81.4 Å². The van der Waals surface area contributed by atoms with Gasteiger partial charge in [-0.1, -0.05) is 81.4 Å². The normalized spacial score (nSPS) is 18.9. The summed E-state index contributed by atoms with van der Waals surface area (Å²) in [6, 6.07) is 18.8. The first-order chi connectivity index (χ1) is 26.9. The van der Waals surface area contributed by atoms with Crippen LogP contribution in [0.25, 0.3) is 20.9 Å². The Kier molecular flexibility index (Phi) is 14.0. The molecule has 0 spiro atoms. The van der Waals surface area contributed by atoms with E-state index in [-0.39, 0.29) is 25.8 Å². The minimum atomic E-state index is -4.09. The number of carbonyl (C=O) groups excluding carboxylic acids is 2. The predicted molar refractivity (Wildman–Crippen MR) is 223 cm³/mol. The molecule has 5 amide bonds. The fourth-order valence-electron chi connectivity index (χ4n) is 6.96. The molecule has 2 aromatic heterocycles. The van der Waals surface area contributed by atoms with Gasteiger partial charge in [-0.25, -0.2) is 40.7 Å². The van der Waals surface area contributed by atoms with Crippen molar-refractivity contribution in [2.45, 2.75) is 73.0 Å². The Morgan fingerprint density at radius 1 is 0.772 bits per heavy atom. The van der Waals surface area contributed by atoms with Crippen LogP contribution in [0.5, 0.6) is 0 Å². The highest BCUT2D eigenvalue weighted by Crippen LogP contribution is 2.40. The lowest BCUT2D eigenvalue weighted by atomic mass is 9.78. The van der Waals surface area contributed by atoms with E-state index >= 15 is 0 Å². The Balaban J connectivity index is 0.000000224. The molecule has 4 heterocycles. The number of nitrogens with two attached hydrogens (primary N) is 2. The van der Waals surface area contributed by atoms with E-state index in [1.165, 1.54) is 4.90 Å². The summed E-state index contributed by atoms with van der Waals surface area (Å²) in [6.45, 7) is 7.50. The standard InChI is InChI=1S/C21H28N4O5S2.C16H20N4O3S2/c1-21(2,3)17-14(10-7-11-25(17)20(27)28)24-32(29,30)18-15(23-19(22)26)12-16(31-18)13-8-5-4-6-9-13;17-16(21)19-13-9-14(11-5-2-1-3-6-11)24-15(13)25(22,23)20-12-7-4-8-18-10-12/h4-6,8-9,12,14,17,24H,7,10-11H2,1-3H3,(H,27,28)(H3,22,23,26);1-3,5-6,9,12,18,20H,4,7-8,10H2,(H3,17,19,21)/t;12-/m.0/s1. The highest BCUT2D eigenvalue weighted by atomic mass is 32.3. The van der Waals surface area contributed by atoms with Gasteiger partial charge in [0.1, 0.15) is 0 Å². The molecule has 0 bridgehead atoms. The summed E-state index contributed by atoms with van der Waals surface area (Å²) in [5.74, 6) is 0. The monoisotopic (exact) mass is 860 g/mol. The SMILES string of the molecule is CC(C)(C)C1C(NS(=O)(=O)c2sc(-c3ccccc3)cc2NC(N)=O)CCCN1C(=O)O.NC(=O)Nc1cc(-c2ccccc2)sc1S(=O)(=O)N[C@H]1CCCNC1. The zero-order chi connectivity index (χ0) is 41.5. The Morgan fingerprint density at radius 3 is 1.68 bits per heavy atom. The average Bonchev–Trinajstić information content (AvgIpc) is 3.77. The molecule has 2 aromatic carbocycles. The van der Waals surface area contributed by atoms with Crippen molar-refractivity contribution in [2.75, 3.05) is 30.3 Å². The second kappa shape index (κ2) is 18.3. The molecule has 2 unspecified atom stereocenters. The third-order valence-corrected chi connectivity index (χ3v) is 15.7. The number of urea groups is 2. The van der Waals surface area contributed by atoms with Crippen LogP contribution in [0.15, 0.2) is 81.2 Å². The smallest absolute Gasteiger partial charge is 0.407 e. The fraction of sp³-hybridized carbons (Fsp3) is 0.378. The number of likely N-dealkylation sites (tertiary alicyclic amines) is 1. The maximum absolute atomic E-state index is 13.4. The lowest BCUT2D eigenvalue weighted by molar-refractivity contribution is 0.0434. The first-order valence-corrected chi connectivity index (χ1v) is 22.7. The molecule has 0 radical (unpaired) electrons. The van der Waals surface area contributed by atoms with E-state index in [0.717, 1.165) is 58.1 Å². The highest BCUT2D eigenvalue weighted by Gasteiger charge is 2.44. The van der Waals surface area contributed by atoms with Gasteiger partial charge in [0.2, 0.25) is 0 Å². The largest absolute Gasteiger partial charge is 0.465 e. The Hall–Kier alpha value is -4.57. The summed E-state index contributed by atoms with van der Waals surface area (Å²) in [5.41, 5.74) is 11.9. The zero-order valence-electron chi connectivity index (χ0n) is 31.6. The van der Waals surface area contributed by atoms with Gasteiger partial charge in [0.05, 0.1) is 17.4 Å². The van der Waals surface area contributed by atoms with Gasteiger partial charge in [-0.05, 0) is 60.9 Å². The number of anilines is 2. The molecular formula is C37H48N8O8S4. The number of benzene rings is 2. The molecule has 2 fully saturated rings. The Bertz CT molecular complexity index is 2250. The van der Waals surface area contributed by atoms with Gasteiger partial charge in [0.15, 0.2) is 8.42 Å². The molecule has 20 heteroatoms. The van der Waals surface area contributed by atoms with E-state index < -0.39 is 55.7 Å². The number of carbonyl (C=O) groups is 3. The van der Waals surface area contributed by atoms with Crippen LogP contribution in [-0.4, -0.2) is 82.8 Å². The van der Waals surface area contributed by atoms with E-state index in [0.29, 0.717) is 30.8 Å². The van der Waals surface area contributed by atoms with Crippen LogP contribution in [0.1, 0.15) is 46.5 Å². The van der Waals surface area contributed by atoms with E-state index in [4.69, 9.17) is 11.5 Å². The molecule has 0 saturated carbocycles. The van der Waals surface area contributed by atoms with Crippen molar-refractivity contribution in [3.63, 3.8) is 0 Å². The van der Waals surface area contributed by atoms with Gasteiger partial charge in [0.25, 0.3) is 20.0 Å². The van der Waals surface area contributed by atoms with Crippen LogP contribution in [0, 0.1) is 5.41 Å². The van der Waals surface area contributed by atoms with Crippen LogP contribution < -0.4 is 36.9 Å². The summed E-state index contributed by atoms with van der Waals surface area (Å²) in [6.07, 6.45) is 1.66. The second-order valence-corrected chi connectivity index (χ2v) is 20.6. The molecule has 6 rings (SSSR count). The quantitative estimate of drug-likeness (QED) is 0.0975. The zero-order valence-corrected chi connectivity index (χ0v) is 34.9. The molecule has 3 atom stereocenters. The number of hydrogen-bond donors (Lipinski definition) is 8. The number of piperidine rings is 2. The van der Waals surface area contributed by atoms with Gasteiger partial charge in [0, 0.05) is 34.9 Å². The Morgan fingerprint density at radius 2 is 1.26 bits per heavy atom. The first-order valence-electron chi connectivity index (χ1n) is 18.1. The van der Waals surface area contributed by atoms with Gasteiger partial charge in [-0.15, -0.1) is 22.7 Å². The van der Waals surface area contributed by atoms with Crippen LogP contribution in [0.3, 0.4) is 0 Å². The van der Waals surface area contributed by atoms with E-state index in [2.05, 4.69) is 25.4 Å². The third-order valence-electron chi connectivity index (χ3n) is 9.21. The lowest BCUT2D eigenvalue weighted by Crippen LogP contribution is -2.61. The number of sulfonamides is 2. The first kappa shape index (κ1) is 43.6. The van der Waals surface area contributed by atoms with Crippen LogP contribution in [0.4, 0.5) is 25.8 Å². The number of hydrogen-bond acceptors (Lipinski definition) is 10. The molecule has 2 aliphatic rings. The van der Waals surface area contributed by atoms with Crippen molar-refractivity contribution in [1.82, 2.24) is 19.7 Å². The molecule has 2 aliphatic heterocycles. The van der Waals surface area contributed by atoms with E-state index in [9.17, 15) is 36.3 Å². The minimum Gasteiger partial charge on any atom is -0.465 e. The fourth-order valence-corrected chi connectivity index (χ4v) is 12.7. The summed E-state index contributed by atoms with van der Waals surface area (Å²) >= 11 is 2.12. The number of nitrogens with one attached hydrogen (secondary N) is 5. The summed E-state index contributed by atoms with van der Waals surface area (Å²) in [4.78, 5) is 37.3. The van der Waals surface area contributed by atoms with Crippen LogP contribution >= 0.6 is 22.7 Å². The third kappa shape index (κ3) is 11.3. The van der Waals surface area contributed by atoms with Crippen molar-refractivity contribution in [3.05, 3.63) is 72.8 Å². The number of primary amides is 2. The molecular weight excluding hydrogens is 813 g/mol. The number of thiophene rings is 2.